The fourth-order valence-electron chi connectivity index (χ4n) is 1.92. The van der Waals surface area contributed by atoms with Gasteiger partial charge >= 0.3 is 0 Å². The summed E-state index contributed by atoms with van der Waals surface area (Å²) in [6.45, 7) is 6.27. The second kappa shape index (κ2) is 6.55. The number of carbonyl (C=O) groups excluding carboxylic acids is 1. The van der Waals surface area contributed by atoms with E-state index in [9.17, 15) is 9.90 Å². The van der Waals surface area contributed by atoms with Crippen molar-refractivity contribution < 1.29 is 9.90 Å². The molecule has 0 spiro atoms. The van der Waals surface area contributed by atoms with E-state index in [2.05, 4.69) is 13.8 Å². The first-order valence-corrected chi connectivity index (χ1v) is 6.35. The van der Waals surface area contributed by atoms with E-state index in [1.165, 1.54) is 0 Å². The fraction of sp³-hybridized carbons (Fsp3) is 0.533. The summed E-state index contributed by atoms with van der Waals surface area (Å²) >= 11 is 0. The maximum absolute atomic E-state index is 11.9. The van der Waals surface area contributed by atoms with Crippen LogP contribution >= 0.6 is 0 Å². The van der Waals surface area contributed by atoms with Gasteiger partial charge in [-0.2, -0.15) is 0 Å². The number of benzene rings is 1. The molecule has 1 unspecified atom stereocenters. The van der Waals surface area contributed by atoms with Gasteiger partial charge in [0.05, 0.1) is 0 Å². The summed E-state index contributed by atoms with van der Waals surface area (Å²) in [5.74, 6) is 0.415. The highest BCUT2D eigenvalue weighted by molar-refractivity contribution is 5.99. The van der Waals surface area contributed by atoms with Crippen LogP contribution in [-0.2, 0) is 6.42 Å². The lowest BCUT2D eigenvalue weighted by Gasteiger charge is -2.10. The van der Waals surface area contributed by atoms with Crippen molar-refractivity contribution in [3.05, 3.63) is 35.4 Å². The summed E-state index contributed by atoms with van der Waals surface area (Å²) < 4.78 is 0. The summed E-state index contributed by atoms with van der Waals surface area (Å²) in [5.41, 5.74) is 1.79. The molecule has 0 fully saturated rings. The minimum absolute atomic E-state index is 0.155. The van der Waals surface area contributed by atoms with Gasteiger partial charge in [-0.25, -0.2) is 0 Å². The monoisotopic (exact) mass is 234 g/mol. The smallest absolute Gasteiger partial charge is 0.191 e. The Balaban J connectivity index is 2.80. The Morgan fingerprint density at radius 2 is 2.06 bits per heavy atom. The van der Waals surface area contributed by atoms with Crippen molar-refractivity contribution in [1.82, 2.24) is 0 Å². The van der Waals surface area contributed by atoms with Crippen LogP contribution in [-0.4, -0.2) is 17.0 Å². The van der Waals surface area contributed by atoms with Crippen molar-refractivity contribution in [2.75, 3.05) is 0 Å². The minimum atomic E-state index is -0.853. The molecule has 0 bridgehead atoms. The lowest BCUT2D eigenvalue weighted by Crippen LogP contribution is -2.20. The molecule has 1 aromatic rings. The largest absolute Gasteiger partial charge is 0.385 e. The van der Waals surface area contributed by atoms with E-state index >= 15 is 0 Å². The highest BCUT2D eigenvalue weighted by Crippen LogP contribution is 2.13. The van der Waals surface area contributed by atoms with Gasteiger partial charge in [-0.05, 0) is 30.4 Å². The number of aliphatic hydroxyl groups is 1. The van der Waals surface area contributed by atoms with Crippen molar-refractivity contribution in [3.8, 4) is 0 Å². The Kier molecular flexibility index (Phi) is 5.36. The standard InChI is InChI=1S/C15H22O2/c1-4-6-14(16)15(17)13-8-5-7-12(10-13)9-11(2)3/h5,7-8,10-11,14,16H,4,6,9H2,1-3H3. The number of hydrogen-bond donors (Lipinski definition) is 1. The van der Waals surface area contributed by atoms with Crippen molar-refractivity contribution in [1.29, 1.82) is 0 Å². The van der Waals surface area contributed by atoms with Crippen molar-refractivity contribution in [2.45, 2.75) is 46.1 Å². The predicted molar refractivity (Wildman–Crippen MR) is 70.2 cm³/mol. The van der Waals surface area contributed by atoms with Gasteiger partial charge in [-0.15, -0.1) is 0 Å². The zero-order chi connectivity index (χ0) is 12.8. The fourth-order valence-corrected chi connectivity index (χ4v) is 1.92. The number of hydrogen-bond acceptors (Lipinski definition) is 2. The first kappa shape index (κ1) is 13.9. The van der Waals surface area contributed by atoms with Gasteiger partial charge < -0.3 is 5.11 Å². The average molecular weight is 234 g/mol. The molecule has 1 rings (SSSR count). The number of Topliss-reactive ketones (excluding diaryl/α,β-unsaturated/α-hetero) is 1. The molecule has 2 heteroatoms. The third kappa shape index (κ3) is 4.31. The van der Waals surface area contributed by atoms with E-state index in [4.69, 9.17) is 0 Å². The van der Waals surface area contributed by atoms with Crippen LogP contribution in [0.15, 0.2) is 24.3 Å². The predicted octanol–water partition coefficient (Wildman–Crippen LogP) is 3.23. The van der Waals surface area contributed by atoms with Crippen LogP contribution < -0.4 is 0 Å². The molecular weight excluding hydrogens is 212 g/mol. The summed E-state index contributed by atoms with van der Waals surface area (Å²) in [7, 11) is 0. The van der Waals surface area contributed by atoms with E-state index in [1.807, 2.05) is 25.1 Å². The molecule has 0 heterocycles. The quantitative estimate of drug-likeness (QED) is 0.767. The summed E-state index contributed by atoms with van der Waals surface area (Å²) in [6.07, 6.45) is 1.46. The molecule has 0 aliphatic carbocycles. The third-order valence-electron chi connectivity index (χ3n) is 2.72. The van der Waals surface area contributed by atoms with Gasteiger partial charge in [-0.1, -0.05) is 45.4 Å². The van der Waals surface area contributed by atoms with Crippen LogP contribution in [0.5, 0.6) is 0 Å². The summed E-state index contributed by atoms with van der Waals surface area (Å²) in [6, 6.07) is 7.61. The van der Waals surface area contributed by atoms with E-state index in [-0.39, 0.29) is 5.78 Å². The Morgan fingerprint density at radius 1 is 1.35 bits per heavy atom. The van der Waals surface area contributed by atoms with Gasteiger partial charge in [-0.3, -0.25) is 4.79 Å². The number of carbonyl (C=O) groups is 1. The molecule has 0 amide bonds. The van der Waals surface area contributed by atoms with Crippen LogP contribution in [0.1, 0.15) is 49.5 Å². The lowest BCUT2D eigenvalue weighted by atomic mass is 9.97. The van der Waals surface area contributed by atoms with Gasteiger partial charge in [0.2, 0.25) is 0 Å². The van der Waals surface area contributed by atoms with Crippen LogP contribution in [0.3, 0.4) is 0 Å². The van der Waals surface area contributed by atoms with Crippen LogP contribution in [0.4, 0.5) is 0 Å². The first-order valence-electron chi connectivity index (χ1n) is 6.35. The molecule has 0 saturated carbocycles. The SMILES string of the molecule is CCCC(O)C(=O)c1cccc(CC(C)C)c1. The molecule has 2 nitrogen and oxygen atoms in total. The maximum atomic E-state index is 11.9. The molecule has 0 aromatic heterocycles. The van der Waals surface area contributed by atoms with Crippen molar-refractivity contribution in [3.63, 3.8) is 0 Å². The normalized spacial score (nSPS) is 12.8. The van der Waals surface area contributed by atoms with E-state index in [0.717, 1.165) is 18.4 Å². The summed E-state index contributed by atoms with van der Waals surface area (Å²) in [4.78, 5) is 11.9. The molecule has 94 valence electrons. The molecule has 1 N–H and O–H groups in total. The zero-order valence-corrected chi connectivity index (χ0v) is 10.9. The van der Waals surface area contributed by atoms with Gasteiger partial charge in [0.15, 0.2) is 5.78 Å². The number of ketones is 1. The van der Waals surface area contributed by atoms with E-state index in [1.54, 1.807) is 6.07 Å². The number of rotatable bonds is 6. The average Bonchev–Trinajstić information content (AvgIpc) is 2.28. The van der Waals surface area contributed by atoms with E-state index in [0.29, 0.717) is 17.9 Å². The number of aliphatic hydroxyl groups excluding tert-OH is 1. The Hall–Kier alpha value is -1.15. The summed E-state index contributed by atoms with van der Waals surface area (Å²) in [5, 5.41) is 9.69. The molecule has 0 aliphatic rings. The molecule has 1 atom stereocenters. The first-order chi connectivity index (χ1) is 8.04. The van der Waals surface area contributed by atoms with Gasteiger partial charge in [0, 0.05) is 5.56 Å². The highest BCUT2D eigenvalue weighted by atomic mass is 16.3. The van der Waals surface area contributed by atoms with Gasteiger partial charge in [0.1, 0.15) is 6.10 Å². The Labute approximate surface area is 104 Å². The third-order valence-corrected chi connectivity index (χ3v) is 2.72. The second-order valence-corrected chi connectivity index (χ2v) is 4.97. The van der Waals surface area contributed by atoms with E-state index < -0.39 is 6.10 Å². The lowest BCUT2D eigenvalue weighted by molar-refractivity contribution is 0.0729. The molecule has 1 aromatic carbocycles. The maximum Gasteiger partial charge on any atom is 0.191 e. The zero-order valence-electron chi connectivity index (χ0n) is 10.9. The highest BCUT2D eigenvalue weighted by Gasteiger charge is 2.16. The van der Waals surface area contributed by atoms with Crippen molar-refractivity contribution >= 4 is 5.78 Å². The van der Waals surface area contributed by atoms with Crippen molar-refractivity contribution in [2.24, 2.45) is 5.92 Å². The molecular formula is C15H22O2. The Morgan fingerprint density at radius 3 is 2.65 bits per heavy atom. The molecule has 17 heavy (non-hydrogen) atoms. The second-order valence-electron chi connectivity index (χ2n) is 4.97. The molecule has 0 saturated heterocycles. The van der Waals surface area contributed by atoms with Gasteiger partial charge in [0.25, 0.3) is 0 Å². The molecule has 0 radical (unpaired) electrons. The van der Waals surface area contributed by atoms with Crippen LogP contribution in [0, 0.1) is 5.92 Å². The van der Waals surface area contributed by atoms with Crippen LogP contribution in [0.25, 0.3) is 0 Å². The topological polar surface area (TPSA) is 37.3 Å². The molecule has 0 aliphatic heterocycles. The minimum Gasteiger partial charge on any atom is -0.385 e. The Bertz CT molecular complexity index is 369. The van der Waals surface area contributed by atoms with Crippen LogP contribution in [0.2, 0.25) is 0 Å².